The summed E-state index contributed by atoms with van der Waals surface area (Å²) in [5, 5.41) is 19.0. The first-order valence-electron chi connectivity index (χ1n) is 7.73. The molecule has 0 unspecified atom stereocenters. The Morgan fingerprint density at radius 1 is 0.458 bits per heavy atom. The first-order valence-corrected chi connectivity index (χ1v) is 7.73. The first-order chi connectivity index (χ1) is 11.7. The summed E-state index contributed by atoms with van der Waals surface area (Å²) in [5.41, 5.74) is 4.07. The fourth-order valence-electron chi connectivity index (χ4n) is 2.41. The Bertz CT molecular complexity index is 821. The summed E-state index contributed by atoms with van der Waals surface area (Å²) in [5.74, 6) is 0.528. The summed E-state index contributed by atoms with van der Waals surface area (Å²) >= 11 is 0. The van der Waals surface area contributed by atoms with Gasteiger partial charge in [0.2, 0.25) is 0 Å². The monoisotopic (exact) mass is 314 g/mol. The minimum Gasteiger partial charge on any atom is -0.508 e. The van der Waals surface area contributed by atoms with Crippen LogP contribution in [0.5, 0.6) is 11.5 Å². The van der Waals surface area contributed by atoms with E-state index in [1.807, 2.05) is 66.8 Å². The van der Waals surface area contributed by atoms with E-state index in [-0.39, 0.29) is 11.5 Å². The average molecular weight is 314 g/mol. The number of phenols is 2. The highest BCUT2D eigenvalue weighted by Crippen LogP contribution is 2.17. The van der Waals surface area contributed by atoms with Crippen LogP contribution in [0.1, 0.15) is 22.3 Å². The lowest BCUT2D eigenvalue weighted by Crippen LogP contribution is -1.77. The zero-order valence-electron chi connectivity index (χ0n) is 13.1. The molecule has 2 N–H and O–H groups in total. The Hall–Kier alpha value is -3.26. The summed E-state index contributed by atoms with van der Waals surface area (Å²) < 4.78 is 0. The molecule has 2 heteroatoms. The Kier molecular flexibility index (Phi) is 4.78. The second-order valence-corrected chi connectivity index (χ2v) is 5.53. The molecule has 3 aromatic carbocycles. The molecule has 3 rings (SSSR count). The minimum absolute atomic E-state index is 0.264. The van der Waals surface area contributed by atoms with E-state index in [2.05, 4.69) is 6.07 Å². The maximum absolute atomic E-state index is 9.49. The van der Waals surface area contributed by atoms with Crippen molar-refractivity contribution < 1.29 is 10.2 Å². The summed E-state index contributed by atoms with van der Waals surface area (Å²) in [7, 11) is 0. The van der Waals surface area contributed by atoms with E-state index in [1.54, 1.807) is 24.3 Å². The number of phenolic OH excluding ortho intramolecular Hbond substituents is 2. The van der Waals surface area contributed by atoms with Gasteiger partial charge in [-0.25, -0.2) is 0 Å². The Balaban J connectivity index is 1.76. The SMILES string of the molecule is Oc1cccc(/C=C/c2cccc(/C=C/c3cccc(O)c3)c2)c1. The molecule has 0 radical (unpaired) electrons. The van der Waals surface area contributed by atoms with Crippen molar-refractivity contribution in [1.82, 2.24) is 0 Å². The molecule has 118 valence electrons. The van der Waals surface area contributed by atoms with Crippen molar-refractivity contribution in [2.75, 3.05) is 0 Å². The van der Waals surface area contributed by atoms with E-state index >= 15 is 0 Å². The fraction of sp³-hybridized carbons (Fsp3) is 0. The van der Waals surface area contributed by atoms with Crippen LogP contribution in [0.25, 0.3) is 24.3 Å². The lowest BCUT2D eigenvalue weighted by molar-refractivity contribution is 0.474. The van der Waals surface area contributed by atoms with E-state index < -0.39 is 0 Å². The second kappa shape index (κ2) is 7.34. The average Bonchev–Trinajstić information content (AvgIpc) is 2.59. The minimum atomic E-state index is 0.264. The lowest BCUT2D eigenvalue weighted by atomic mass is 10.1. The van der Waals surface area contributed by atoms with Crippen molar-refractivity contribution in [2.45, 2.75) is 0 Å². The molecule has 0 aromatic heterocycles. The van der Waals surface area contributed by atoms with Crippen LogP contribution >= 0.6 is 0 Å². The van der Waals surface area contributed by atoms with E-state index in [0.29, 0.717) is 0 Å². The van der Waals surface area contributed by atoms with Gasteiger partial charge in [-0.15, -0.1) is 0 Å². The topological polar surface area (TPSA) is 40.5 Å². The Morgan fingerprint density at radius 3 is 1.17 bits per heavy atom. The van der Waals surface area contributed by atoms with Gasteiger partial charge in [0, 0.05) is 0 Å². The maximum atomic E-state index is 9.49. The van der Waals surface area contributed by atoms with Gasteiger partial charge in [0.15, 0.2) is 0 Å². The van der Waals surface area contributed by atoms with E-state index in [4.69, 9.17) is 0 Å². The van der Waals surface area contributed by atoms with Crippen LogP contribution in [0.3, 0.4) is 0 Å². The van der Waals surface area contributed by atoms with Crippen LogP contribution in [-0.2, 0) is 0 Å². The molecule has 0 aliphatic rings. The molecule has 0 saturated heterocycles. The molecule has 0 spiro atoms. The van der Waals surface area contributed by atoms with Gasteiger partial charge in [-0.05, 0) is 52.6 Å². The van der Waals surface area contributed by atoms with Crippen LogP contribution in [-0.4, -0.2) is 10.2 Å². The van der Waals surface area contributed by atoms with Gasteiger partial charge >= 0.3 is 0 Å². The number of rotatable bonds is 4. The molecule has 0 amide bonds. The Morgan fingerprint density at radius 2 is 0.792 bits per heavy atom. The van der Waals surface area contributed by atoms with Crippen LogP contribution in [0, 0.1) is 0 Å². The summed E-state index contributed by atoms with van der Waals surface area (Å²) in [6, 6.07) is 22.5. The molecule has 0 saturated carbocycles. The number of benzene rings is 3. The van der Waals surface area contributed by atoms with Gasteiger partial charge in [-0.1, -0.05) is 66.8 Å². The maximum Gasteiger partial charge on any atom is 0.116 e. The number of aromatic hydroxyl groups is 2. The van der Waals surface area contributed by atoms with Gasteiger partial charge in [0.05, 0.1) is 0 Å². The third-order valence-electron chi connectivity index (χ3n) is 3.59. The molecular weight excluding hydrogens is 296 g/mol. The van der Waals surface area contributed by atoms with Gasteiger partial charge in [0.25, 0.3) is 0 Å². The van der Waals surface area contributed by atoms with E-state index in [9.17, 15) is 10.2 Å². The number of hydrogen-bond acceptors (Lipinski definition) is 2. The van der Waals surface area contributed by atoms with Crippen LogP contribution in [0.15, 0.2) is 72.8 Å². The zero-order valence-corrected chi connectivity index (χ0v) is 13.1. The van der Waals surface area contributed by atoms with Crippen LogP contribution < -0.4 is 0 Å². The van der Waals surface area contributed by atoms with Crippen molar-refractivity contribution in [3.05, 3.63) is 95.1 Å². The molecule has 0 aliphatic heterocycles. The normalized spacial score (nSPS) is 11.3. The predicted octanol–water partition coefficient (Wildman–Crippen LogP) is 5.44. The molecular formula is C22H18O2. The largest absolute Gasteiger partial charge is 0.508 e. The van der Waals surface area contributed by atoms with Crippen molar-refractivity contribution in [3.63, 3.8) is 0 Å². The van der Waals surface area contributed by atoms with Gasteiger partial charge in [0.1, 0.15) is 11.5 Å². The quantitative estimate of drug-likeness (QED) is 0.630. The Labute approximate surface area is 141 Å². The highest BCUT2D eigenvalue weighted by atomic mass is 16.3. The van der Waals surface area contributed by atoms with Crippen molar-refractivity contribution >= 4 is 24.3 Å². The first kappa shape index (κ1) is 15.6. The van der Waals surface area contributed by atoms with Crippen molar-refractivity contribution in [3.8, 4) is 11.5 Å². The van der Waals surface area contributed by atoms with E-state index in [0.717, 1.165) is 22.3 Å². The lowest BCUT2D eigenvalue weighted by Gasteiger charge is -1.99. The molecule has 0 heterocycles. The molecule has 3 aromatic rings. The number of hydrogen-bond donors (Lipinski definition) is 2. The summed E-state index contributed by atoms with van der Waals surface area (Å²) in [6.07, 6.45) is 7.97. The third kappa shape index (κ3) is 4.37. The van der Waals surface area contributed by atoms with Crippen LogP contribution in [0.4, 0.5) is 0 Å². The zero-order chi connectivity index (χ0) is 16.8. The smallest absolute Gasteiger partial charge is 0.116 e. The predicted molar refractivity (Wildman–Crippen MR) is 101 cm³/mol. The van der Waals surface area contributed by atoms with Crippen molar-refractivity contribution in [2.24, 2.45) is 0 Å². The molecule has 0 atom stereocenters. The third-order valence-corrected chi connectivity index (χ3v) is 3.59. The molecule has 24 heavy (non-hydrogen) atoms. The summed E-state index contributed by atoms with van der Waals surface area (Å²) in [6.45, 7) is 0. The van der Waals surface area contributed by atoms with E-state index in [1.165, 1.54) is 0 Å². The molecule has 2 nitrogen and oxygen atoms in total. The van der Waals surface area contributed by atoms with Crippen molar-refractivity contribution in [1.29, 1.82) is 0 Å². The molecule has 0 bridgehead atoms. The van der Waals surface area contributed by atoms with Gasteiger partial charge in [-0.2, -0.15) is 0 Å². The van der Waals surface area contributed by atoms with Crippen LogP contribution in [0.2, 0.25) is 0 Å². The molecule has 0 fully saturated rings. The fourth-order valence-corrected chi connectivity index (χ4v) is 2.41. The second-order valence-electron chi connectivity index (χ2n) is 5.53. The standard InChI is InChI=1S/C22H18O2/c23-21-8-2-6-19(15-21)12-10-17-4-1-5-18(14-17)11-13-20-7-3-9-22(24)16-20/h1-16,23-24H/b12-10+,13-11+. The highest BCUT2D eigenvalue weighted by Gasteiger charge is 1.93. The van der Waals surface area contributed by atoms with Gasteiger partial charge in [-0.3, -0.25) is 0 Å². The van der Waals surface area contributed by atoms with Gasteiger partial charge < -0.3 is 10.2 Å². The summed E-state index contributed by atoms with van der Waals surface area (Å²) in [4.78, 5) is 0. The molecule has 0 aliphatic carbocycles. The highest BCUT2D eigenvalue weighted by molar-refractivity contribution is 5.74.